The van der Waals surface area contributed by atoms with E-state index in [2.05, 4.69) is 22.2 Å². The van der Waals surface area contributed by atoms with E-state index in [9.17, 15) is 0 Å². The average Bonchev–Trinajstić information content (AvgIpc) is 2.15. The quantitative estimate of drug-likeness (QED) is 0.797. The standard InChI is InChI=1S/C11H17N3O/c1-9-13-4-3-10(14-9)5-12-6-11(2)7-15-8-11/h3-4,12H,5-8H2,1-2H3. The van der Waals surface area contributed by atoms with Gasteiger partial charge in [-0.05, 0) is 13.0 Å². The molecule has 0 aromatic carbocycles. The molecular weight excluding hydrogens is 190 g/mol. The predicted molar refractivity (Wildman–Crippen MR) is 57.4 cm³/mol. The number of aromatic nitrogens is 2. The minimum absolute atomic E-state index is 0.322. The van der Waals surface area contributed by atoms with Gasteiger partial charge in [0.1, 0.15) is 5.82 Å². The number of hydrogen-bond donors (Lipinski definition) is 1. The molecule has 1 saturated heterocycles. The highest BCUT2D eigenvalue weighted by atomic mass is 16.5. The van der Waals surface area contributed by atoms with Crippen molar-refractivity contribution < 1.29 is 4.74 Å². The van der Waals surface area contributed by atoms with E-state index >= 15 is 0 Å². The number of ether oxygens (including phenoxy) is 1. The Morgan fingerprint density at radius 1 is 1.53 bits per heavy atom. The maximum Gasteiger partial charge on any atom is 0.125 e. The second kappa shape index (κ2) is 4.24. The van der Waals surface area contributed by atoms with Crippen LogP contribution in [0.5, 0.6) is 0 Å². The third kappa shape index (κ3) is 2.73. The van der Waals surface area contributed by atoms with Crippen LogP contribution in [0.2, 0.25) is 0 Å². The lowest BCUT2D eigenvalue weighted by atomic mass is 9.89. The van der Waals surface area contributed by atoms with Gasteiger partial charge in [-0.3, -0.25) is 0 Å². The Morgan fingerprint density at radius 2 is 2.33 bits per heavy atom. The summed E-state index contributed by atoms with van der Waals surface area (Å²) in [6, 6.07) is 1.94. The molecule has 1 fully saturated rings. The molecule has 0 radical (unpaired) electrons. The van der Waals surface area contributed by atoms with Crippen LogP contribution in [0.15, 0.2) is 12.3 Å². The molecule has 0 atom stereocenters. The van der Waals surface area contributed by atoms with Crippen molar-refractivity contribution in [3.05, 3.63) is 23.8 Å². The highest BCUT2D eigenvalue weighted by molar-refractivity contribution is 5.01. The summed E-state index contributed by atoms with van der Waals surface area (Å²) in [5, 5.41) is 3.40. The van der Waals surface area contributed by atoms with E-state index in [1.807, 2.05) is 13.0 Å². The van der Waals surface area contributed by atoms with Gasteiger partial charge in [-0.25, -0.2) is 9.97 Å². The Hall–Kier alpha value is -1.00. The zero-order valence-electron chi connectivity index (χ0n) is 9.29. The fraction of sp³-hybridized carbons (Fsp3) is 0.636. The van der Waals surface area contributed by atoms with Gasteiger partial charge in [-0.1, -0.05) is 6.92 Å². The maximum atomic E-state index is 5.19. The molecule has 4 heteroatoms. The first-order chi connectivity index (χ1) is 7.18. The number of rotatable bonds is 4. The van der Waals surface area contributed by atoms with Crippen LogP contribution >= 0.6 is 0 Å². The first-order valence-corrected chi connectivity index (χ1v) is 5.25. The van der Waals surface area contributed by atoms with Crippen molar-refractivity contribution in [1.82, 2.24) is 15.3 Å². The number of nitrogens with one attached hydrogen (secondary N) is 1. The second-order valence-corrected chi connectivity index (χ2v) is 4.50. The van der Waals surface area contributed by atoms with Crippen molar-refractivity contribution in [3.63, 3.8) is 0 Å². The average molecular weight is 207 g/mol. The molecule has 2 rings (SSSR count). The van der Waals surface area contributed by atoms with Crippen molar-refractivity contribution in [1.29, 1.82) is 0 Å². The Balaban J connectivity index is 1.78. The van der Waals surface area contributed by atoms with Crippen molar-refractivity contribution in [2.24, 2.45) is 5.41 Å². The van der Waals surface area contributed by atoms with Crippen LogP contribution in [0.1, 0.15) is 18.4 Å². The Kier molecular flexibility index (Phi) is 2.98. The fourth-order valence-corrected chi connectivity index (χ4v) is 1.65. The topological polar surface area (TPSA) is 47.0 Å². The molecular formula is C11H17N3O. The third-order valence-electron chi connectivity index (χ3n) is 2.59. The van der Waals surface area contributed by atoms with E-state index in [-0.39, 0.29) is 0 Å². The minimum Gasteiger partial charge on any atom is -0.380 e. The number of aryl methyl sites for hydroxylation is 1. The Labute approximate surface area is 90.1 Å². The summed E-state index contributed by atoms with van der Waals surface area (Å²) in [5.41, 5.74) is 1.37. The summed E-state index contributed by atoms with van der Waals surface area (Å²) >= 11 is 0. The van der Waals surface area contributed by atoms with Gasteiger partial charge < -0.3 is 10.1 Å². The summed E-state index contributed by atoms with van der Waals surface area (Å²) < 4.78 is 5.19. The molecule has 1 aliphatic rings. The maximum absolute atomic E-state index is 5.19. The summed E-state index contributed by atoms with van der Waals surface area (Å²) in [6.07, 6.45) is 1.80. The van der Waals surface area contributed by atoms with Crippen LogP contribution in [0.4, 0.5) is 0 Å². The minimum atomic E-state index is 0.322. The highest BCUT2D eigenvalue weighted by Crippen LogP contribution is 2.25. The molecule has 15 heavy (non-hydrogen) atoms. The van der Waals surface area contributed by atoms with Crippen LogP contribution in [0.25, 0.3) is 0 Å². The molecule has 4 nitrogen and oxygen atoms in total. The molecule has 1 aromatic rings. The normalized spacial score (nSPS) is 18.5. The van der Waals surface area contributed by atoms with Gasteiger partial charge in [0.05, 0.1) is 18.9 Å². The summed E-state index contributed by atoms with van der Waals surface area (Å²) in [5.74, 6) is 0.826. The Morgan fingerprint density at radius 3 is 2.93 bits per heavy atom. The van der Waals surface area contributed by atoms with E-state index in [4.69, 9.17) is 4.74 Å². The molecule has 1 aromatic heterocycles. The van der Waals surface area contributed by atoms with E-state index in [1.54, 1.807) is 6.20 Å². The van der Waals surface area contributed by atoms with Gasteiger partial charge in [-0.2, -0.15) is 0 Å². The van der Waals surface area contributed by atoms with Crippen LogP contribution < -0.4 is 5.32 Å². The fourth-order valence-electron chi connectivity index (χ4n) is 1.65. The van der Waals surface area contributed by atoms with Crippen LogP contribution in [-0.4, -0.2) is 29.7 Å². The molecule has 0 unspecified atom stereocenters. The molecule has 2 heterocycles. The molecule has 1 aliphatic heterocycles. The van der Waals surface area contributed by atoms with Crippen molar-refractivity contribution in [3.8, 4) is 0 Å². The first-order valence-electron chi connectivity index (χ1n) is 5.25. The zero-order valence-corrected chi connectivity index (χ0v) is 9.29. The second-order valence-electron chi connectivity index (χ2n) is 4.50. The van der Waals surface area contributed by atoms with Crippen LogP contribution in [-0.2, 0) is 11.3 Å². The van der Waals surface area contributed by atoms with Crippen molar-refractivity contribution in [2.75, 3.05) is 19.8 Å². The molecule has 82 valence electrons. The van der Waals surface area contributed by atoms with E-state index in [1.165, 1.54) is 0 Å². The van der Waals surface area contributed by atoms with Gasteiger partial charge in [0.2, 0.25) is 0 Å². The molecule has 0 amide bonds. The number of hydrogen-bond acceptors (Lipinski definition) is 4. The number of nitrogens with zero attached hydrogens (tertiary/aromatic N) is 2. The summed E-state index contributed by atoms with van der Waals surface area (Å²) in [4.78, 5) is 8.40. The lowest BCUT2D eigenvalue weighted by molar-refractivity contribution is -0.0991. The molecule has 0 aliphatic carbocycles. The predicted octanol–water partition coefficient (Wildman–Crippen LogP) is 0.911. The van der Waals surface area contributed by atoms with E-state index in [0.717, 1.165) is 37.8 Å². The Bertz CT molecular complexity index is 336. The van der Waals surface area contributed by atoms with Crippen LogP contribution in [0, 0.1) is 12.3 Å². The van der Waals surface area contributed by atoms with E-state index < -0.39 is 0 Å². The zero-order chi connectivity index (χ0) is 10.7. The van der Waals surface area contributed by atoms with Gasteiger partial charge in [-0.15, -0.1) is 0 Å². The molecule has 0 spiro atoms. The lowest BCUT2D eigenvalue weighted by Crippen LogP contribution is -2.47. The lowest BCUT2D eigenvalue weighted by Gasteiger charge is -2.38. The highest BCUT2D eigenvalue weighted by Gasteiger charge is 2.32. The summed E-state index contributed by atoms with van der Waals surface area (Å²) in [6.45, 7) is 7.65. The van der Waals surface area contributed by atoms with Gasteiger partial charge in [0.15, 0.2) is 0 Å². The molecule has 1 N–H and O–H groups in total. The first kappa shape index (κ1) is 10.5. The van der Waals surface area contributed by atoms with E-state index in [0.29, 0.717) is 5.41 Å². The van der Waals surface area contributed by atoms with Gasteiger partial charge in [0, 0.05) is 24.7 Å². The third-order valence-corrected chi connectivity index (χ3v) is 2.59. The monoisotopic (exact) mass is 207 g/mol. The summed E-state index contributed by atoms with van der Waals surface area (Å²) in [7, 11) is 0. The van der Waals surface area contributed by atoms with Gasteiger partial charge in [0.25, 0.3) is 0 Å². The van der Waals surface area contributed by atoms with Crippen molar-refractivity contribution in [2.45, 2.75) is 20.4 Å². The van der Waals surface area contributed by atoms with Gasteiger partial charge >= 0.3 is 0 Å². The van der Waals surface area contributed by atoms with Crippen LogP contribution in [0.3, 0.4) is 0 Å². The SMILES string of the molecule is Cc1nccc(CNCC2(C)COC2)n1. The largest absolute Gasteiger partial charge is 0.380 e. The van der Waals surface area contributed by atoms with Crippen molar-refractivity contribution >= 4 is 0 Å². The smallest absolute Gasteiger partial charge is 0.125 e. The molecule has 0 saturated carbocycles. The molecule has 0 bridgehead atoms.